The molecule has 1 unspecified atom stereocenters. The second-order valence-electron chi connectivity index (χ2n) is 2.56. The summed E-state index contributed by atoms with van der Waals surface area (Å²) in [4.78, 5) is 0. The Balaban J connectivity index is 2.82. The zero-order valence-electron chi connectivity index (χ0n) is 7.16. The zero-order chi connectivity index (χ0) is 10.2. The van der Waals surface area contributed by atoms with Crippen molar-refractivity contribution >= 4 is 0 Å². The van der Waals surface area contributed by atoms with E-state index in [1.807, 2.05) is 0 Å². The van der Waals surface area contributed by atoms with Crippen molar-refractivity contribution in [3.8, 4) is 0 Å². The summed E-state index contributed by atoms with van der Waals surface area (Å²) < 4.78 is 11.7. The van der Waals surface area contributed by atoms with Gasteiger partial charge in [-0.25, -0.2) is 0 Å². The van der Waals surface area contributed by atoms with Gasteiger partial charge in [-0.15, -0.1) is 0 Å². The minimum absolute atomic E-state index is 0.735. The summed E-state index contributed by atoms with van der Waals surface area (Å²) in [7, 11) is 0. The van der Waals surface area contributed by atoms with Gasteiger partial charge in [-0.1, -0.05) is 0 Å². The van der Waals surface area contributed by atoms with Gasteiger partial charge in [0.15, 0.2) is 6.29 Å². The molecule has 1 aliphatic rings. The smallest absolute Gasteiger partial charge is 0.184 e. The van der Waals surface area contributed by atoms with Gasteiger partial charge >= 0.3 is 0 Å². The van der Waals surface area contributed by atoms with Crippen LogP contribution in [-0.4, -0.2) is 62.8 Å². The molecule has 72 valence electrons. The van der Waals surface area contributed by atoms with Gasteiger partial charge < -0.3 is 30.3 Å². The van der Waals surface area contributed by atoms with E-state index >= 15 is 0 Å². The van der Waals surface area contributed by atoms with Crippen molar-refractivity contribution in [2.75, 3.05) is 6.61 Å². The van der Waals surface area contributed by atoms with E-state index < -0.39 is 37.3 Å². The molecule has 0 aromatic carbocycles. The molecule has 1 saturated heterocycles. The molecule has 5 atom stereocenters. The summed E-state index contributed by atoms with van der Waals surface area (Å²) in [5.74, 6) is 0. The minimum atomic E-state index is -2.52. The summed E-state index contributed by atoms with van der Waals surface area (Å²) in [5.41, 5.74) is 0. The number of ether oxygens (including phenoxy) is 1. The fourth-order valence-electron chi connectivity index (χ4n) is 0.976. The van der Waals surface area contributed by atoms with Crippen LogP contribution in [0.5, 0.6) is 0 Å². The van der Waals surface area contributed by atoms with Gasteiger partial charge in [-0.3, -0.25) is 0 Å². The van der Waals surface area contributed by atoms with Crippen molar-refractivity contribution in [2.45, 2.75) is 30.7 Å². The Hall–Kier alpha value is -0.240. The Morgan fingerprint density at radius 2 is 1.75 bits per heavy atom. The average Bonchev–Trinajstić information content (AvgIpc) is 2.08. The summed E-state index contributed by atoms with van der Waals surface area (Å²) in [6.45, 7) is -0.735. The second kappa shape index (κ2) is 3.65. The highest BCUT2D eigenvalue weighted by Crippen LogP contribution is 2.18. The molecular formula is C6H12O6. The molecule has 1 fully saturated rings. The Kier molecular flexibility index (Phi) is 2.54. The maximum Gasteiger partial charge on any atom is 0.184 e. The van der Waals surface area contributed by atoms with Crippen LogP contribution in [0.3, 0.4) is 0 Å². The van der Waals surface area contributed by atoms with Gasteiger partial charge in [-0.2, -0.15) is 0 Å². The minimum Gasteiger partial charge on any atom is -0.394 e. The normalized spacial score (nSPS) is 56.6. The SMILES string of the molecule is [2H][C@@]1(O)[C@H](O)[C@@H](O)C(O)O[C@@H]1CO. The van der Waals surface area contributed by atoms with Crippen molar-refractivity contribution in [1.82, 2.24) is 0 Å². The zero-order valence-corrected chi connectivity index (χ0v) is 6.16. The monoisotopic (exact) mass is 181 g/mol. The highest BCUT2D eigenvalue weighted by Gasteiger charge is 2.42. The van der Waals surface area contributed by atoms with Gasteiger partial charge in [0.25, 0.3) is 0 Å². The molecule has 1 heterocycles. The van der Waals surface area contributed by atoms with Crippen LogP contribution < -0.4 is 0 Å². The van der Waals surface area contributed by atoms with E-state index in [1.165, 1.54) is 0 Å². The predicted octanol–water partition coefficient (Wildman–Crippen LogP) is -3.22. The first-order chi connectivity index (χ1) is 5.91. The molecule has 12 heavy (non-hydrogen) atoms. The number of rotatable bonds is 1. The standard InChI is InChI=1S/C6H12O6/c7-1-2-3(8)4(9)5(10)6(11)12-2/h2-11H,1H2/t2-,3+,4+,5-,6?/m1/s1/i3D. The molecule has 0 amide bonds. The number of aliphatic hydroxyl groups excluding tert-OH is 4. The van der Waals surface area contributed by atoms with Crippen molar-refractivity contribution < 1.29 is 31.6 Å². The third kappa shape index (κ3) is 1.58. The lowest BCUT2D eigenvalue weighted by Gasteiger charge is -2.37. The van der Waals surface area contributed by atoms with E-state index in [0.717, 1.165) is 0 Å². The molecular weight excluding hydrogens is 168 g/mol. The average molecular weight is 181 g/mol. The molecule has 0 bridgehead atoms. The molecule has 6 nitrogen and oxygen atoms in total. The summed E-state index contributed by atoms with van der Waals surface area (Å²) in [5, 5.41) is 45.0. The van der Waals surface area contributed by atoms with Crippen LogP contribution in [0.1, 0.15) is 1.37 Å². The van der Waals surface area contributed by atoms with E-state index in [0.29, 0.717) is 0 Å². The summed E-state index contributed by atoms with van der Waals surface area (Å²) in [6, 6.07) is 0. The molecule has 0 saturated carbocycles. The van der Waals surface area contributed by atoms with Crippen LogP contribution in [0.25, 0.3) is 0 Å². The fourth-order valence-corrected chi connectivity index (χ4v) is 0.976. The van der Waals surface area contributed by atoms with Crippen molar-refractivity contribution in [3.63, 3.8) is 0 Å². The first kappa shape index (κ1) is 8.36. The Labute approximate surface area is 70.0 Å². The Bertz CT molecular complexity index is 182. The van der Waals surface area contributed by atoms with E-state index in [-0.39, 0.29) is 0 Å². The van der Waals surface area contributed by atoms with Crippen molar-refractivity contribution in [3.05, 3.63) is 0 Å². The van der Waals surface area contributed by atoms with Crippen LogP contribution in [0.15, 0.2) is 0 Å². The molecule has 6 heteroatoms. The van der Waals surface area contributed by atoms with Crippen LogP contribution in [0, 0.1) is 0 Å². The molecule has 0 aromatic rings. The Morgan fingerprint density at radius 1 is 1.17 bits per heavy atom. The maximum atomic E-state index is 9.25. The quantitative estimate of drug-likeness (QED) is 0.291. The van der Waals surface area contributed by atoms with E-state index in [9.17, 15) is 5.11 Å². The van der Waals surface area contributed by atoms with Crippen LogP contribution in [-0.2, 0) is 4.74 Å². The third-order valence-corrected chi connectivity index (χ3v) is 1.72. The predicted molar refractivity (Wildman–Crippen MR) is 36.0 cm³/mol. The molecule has 0 spiro atoms. The van der Waals surface area contributed by atoms with E-state index in [1.54, 1.807) is 0 Å². The molecule has 0 aliphatic carbocycles. The van der Waals surface area contributed by atoms with Gasteiger partial charge in [0.1, 0.15) is 24.4 Å². The number of aliphatic hydroxyl groups is 5. The van der Waals surface area contributed by atoms with Crippen LogP contribution in [0.4, 0.5) is 0 Å². The van der Waals surface area contributed by atoms with E-state index in [4.69, 9.17) is 21.8 Å². The molecule has 5 N–H and O–H groups in total. The van der Waals surface area contributed by atoms with Gasteiger partial charge in [0.2, 0.25) is 0 Å². The highest BCUT2D eigenvalue weighted by atomic mass is 16.6. The van der Waals surface area contributed by atoms with Gasteiger partial charge in [0.05, 0.1) is 7.98 Å². The first-order valence-corrected chi connectivity index (χ1v) is 3.44. The van der Waals surface area contributed by atoms with Crippen molar-refractivity contribution in [2.24, 2.45) is 0 Å². The largest absolute Gasteiger partial charge is 0.394 e. The number of hydrogen-bond donors (Lipinski definition) is 5. The molecule has 0 radical (unpaired) electrons. The summed E-state index contributed by atoms with van der Waals surface area (Å²) in [6.07, 6.45) is -9.31. The lowest BCUT2D eigenvalue weighted by molar-refractivity contribution is -0.286. The number of hydrogen-bond acceptors (Lipinski definition) is 6. The van der Waals surface area contributed by atoms with E-state index in [2.05, 4.69) is 4.74 Å². The second-order valence-corrected chi connectivity index (χ2v) is 2.56. The molecule has 1 aliphatic heterocycles. The lowest BCUT2D eigenvalue weighted by atomic mass is 10.00. The lowest BCUT2D eigenvalue weighted by Crippen LogP contribution is -2.58. The van der Waals surface area contributed by atoms with Gasteiger partial charge in [0, 0.05) is 0 Å². The van der Waals surface area contributed by atoms with Crippen LogP contribution in [0.2, 0.25) is 0 Å². The topological polar surface area (TPSA) is 110 Å². The molecule has 1 rings (SSSR count). The first-order valence-electron chi connectivity index (χ1n) is 3.94. The van der Waals surface area contributed by atoms with Crippen molar-refractivity contribution in [1.29, 1.82) is 0 Å². The highest BCUT2D eigenvalue weighted by molar-refractivity contribution is 4.87. The fraction of sp³-hybridized carbons (Fsp3) is 1.00. The van der Waals surface area contributed by atoms with Crippen LogP contribution >= 0.6 is 0 Å². The molecule has 0 aromatic heterocycles. The Morgan fingerprint density at radius 3 is 2.25 bits per heavy atom. The summed E-state index contributed by atoms with van der Waals surface area (Å²) >= 11 is 0. The third-order valence-electron chi connectivity index (χ3n) is 1.72. The van der Waals surface area contributed by atoms with Gasteiger partial charge in [-0.05, 0) is 0 Å². The maximum absolute atomic E-state index is 9.25.